The minimum atomic E-state index is -0.187. The van der Waals surface area contributed by atoms with E-state index in [1.807, 2.05) is 30.3 Å². The Hall–Kier alpha value is -3.33. The number of fused-ring (bicyclic) bond motifs is 1. The van der Waals surface area contributed by atoms with Gasteiger partial charge in [0.15, 0.2) is 11.5 Å². The number of hydrogen-bond donors (Lipinski definition) is 3. The van der Waals surface area contributed by atoms with Crippen LogP contribution in [-0.4, -0.2) is 36.1 Å². The summed E-state index contributed by atoms with van der Waals surface area (Å²) in [5.74, 6) is 2.12. The molecule has 29 heavy (non-hydrogen) atoms. The first kappa shape index (κ1) is 19.0. The molecule has 0 saturated carbocycles. The normalized spacial score (nSPS) is 12.2. The van der Waals surface area contributed by atoms with Crippen molar-refractivity contribution in [2.45, 2.75) is 0 Å². The number of hydrogen-bond acceptors (Lipinski definition) is 7. The monoisotopic (exact) mass is 455 g/mol. The van der Waals surface area contributed by atoms with Gasteiger partial charge in [0.25, 0.3) is 5.91 Å². The third-order valence-corrected chi connectivity index (χ3v) is 4.77. The first-order chi connectivity index (χ1) is 14.1. The first-order valence-electron chi connectivity index (χ1n) is 8.91. The van der Waals surface area contributed by atoms with Gasteiger partial charge in [0.2, 0.25) is 5.95 Å². The largest absolute Gasteiger partial charge is 0.486 e. The van der Waals surface area contributed by atoms with E-state index in [0.717, 1.165) is 5.69 Å². The summed E-state index contributed by atoms with van der Waals surface area (Å²) in [6, 6.07) is 12.8. The average Bonchev–Trinajstić information content (AvgIpc) is 2.76. The molecule has 0 radical (unpaired) electrons. The van der Waals surface area contributed by atoms with Crippen LogP contribution in [0.25, 0.3) is 0 Å². The van der Waals surface area contributed by atoms with Crippen molar-refractivity contribution in [2.75, 3.05) is 30.9 Å². The van der Waals surface area contributed by atoms with Gasteiger partial charge < -0.3 is 25.4 Å². The molecule has 0 fully saturated rings. The van der Waals surface area contributed by atoms with Gasteiger partial charge in [0, 0.05) is 25.0 Å². The highest BCUT2D eigenvalue weighted by Gasteiger charge is 2.14. The number of aromatic nitrogens is 2. The van der Waals surface area contributed by atoms with E-state index in [4.69, 9.17) is 9.47 Å². The van der Waals surface area contributed by atoms with Crippen LogP contribution < -0.4 is 25.4 Å². The Morgan fingerprint density at radius 3 is 2.69 bits per heavy atom. The summed E-state index contributed by atoms with van der Waals surface area (Å²) in [7, 11) is 1.59. The molecule has 2 aromatic carbocycles. The maximum Gasteiger partial charge on any atom is 0.253 e. The van der Waals surface area contributed by atoms with Crippen LogP contribution in [0.2, 0.25) is 0 Å². The zero-order valence-corrected chi connectivity index (χ0v) is 17.1. The lowest BCUT2D eigenvalue weighted by Gasteiger charge is -2.19. The number of nitrogens with zero attached hydrogens (tertiary/aromatic N) is 2. The van der Waals surface area contributed by atoms with Gasteiger partial charge in [0.1, 0.15) is 19.0 Å². The molecule has 0 spiro atoms. The third-order valence-electron chi connectivity index (χ3n) is 4.19. The molecule has 1 aliphatic heterocycles. The molecule has 0 aliphatic carbocycles. The van der Waals surface area contributed by atoms with Gasteiger partial charge in [-0.1, -0.05) is 12.1 Å². The van der Waals surface area contributed by atoms with E-state index >= 15 is 0 Å². The van der Waals surface area contributed by atoms with Gasteiger partial charge in [-0.25, -0.2) is 4.98 Å². The van der Waals surface area contributed by atoms with Crippen molar-refractivity contribution in [1.82, 2.24) is 15.3 Å². The summed E-state index contributed by atoms with van der Waals surface area (Å²) in [6.07, 6.45) is 1.64. The van der Waals surface area contributed by atoms with Gasteiger partial charge in [-0.2, -0.15) is 4.98 Å². The number of anilines is 4. The van der Waals surface area contributed by atoms with E-state index in [1.165, 1.54) is 0 Å². The summed E-state index contributed by atoms with van der Waals surface area (Å²) < 4.78 is 11.8. The lowest BCUT2D eigenvalue weighted by molar-refractivity contribution is 0.0964. The topological polar surface area (TPSA) is 97.4 Å². The SMILES string of the molecule is CNC(=O)c1ccccc1Nc1nc(Nc2ccc3c(c2)OCCO3)ncc1Br. The molecular formula is C20H18BrN5O3. The molecule has 3 aromatic rings. The van der Waals surface area contributed by atoms with Crippen molar-refractivity contribution in [3.8, 4) is 11.5 Å². The van der Waals surface area contributed by atoms with Crippen molar-refractivity contribution < 1.29 is 14.3 Å². The van der Waals surface area contributed by atoms with Gasteiger partial charge in [-0.15, -0.1) is 0 Å². The van der Waals surface area contributed by atoms with Crippen LogP contribution >= 0.6 is 15.9 Å². The number of rotatable bonds is 5. The summed E-state index contributed by atoms with van der Waals surface area (Å²) in [4.78, 5) is 20.9. The zero-order chi connectivity index (χ0) is 20.2. The minimum Gasteiger partial charge on any atom is -0.486 e. The lowest BCUT2D eigenvalue weighted by atomic mass is 10.1. The standard InChI is InChI=1S/C20H18BrN5O3/c1-22-19(27)13-4-2-3-5-15(13)25-18-14(21)11-23-20(26-18)24-12-6-7-16-17(10-12)29-9-8-28-16/h2-7,10-11H,8-9H2,1H3,(H,22,27)(H2,23,24,25,26). The molecule has 2 heterocycles. The molecule has 8 nitrogen and oxygen atoms in total. The molecule has 1 aromatic heterocycles. The fourth-order valence-electron chi connectivity index (χ4n) is 2.82. The van der Waals surface area contributed by atoms with E-state index in [2.05, 4.69) is 41.8 Å². The predicted molar refractivity (Wildman–Crippen MR) is 114 cm³/mol. The van der Waals surface area contributed by atoms with Crippen molar-refractivity contribution >= 4 is 45.0 Å². The lowest BCUT2D eigenvalue weighted by Crippen LogP contribution is -2.19. The van der Waals surface area contributed by atoms with E-state index < -0.39 is 0 Å². The second kappa shape index (κ2) is 8.36. The smallest absolute Gasteiger partial charge is 0.253 e. The predicted octanol–water partition coefficient (Wildman–Crippen LogP) is 3.86. The Labute approximate surface area is 175 Å². The van der Waals surface area contributed by atoms with Crippen LogP contribution in [-0.2, 0) is 0 Å². The number of amides is 1. The summed E-state index contributed by atoms with van der Waals surface area (Å²) in [6.45, 7) is 1.06. The zero-order valence-electron chi connectivity index (χ0n) is 15.5. The Balaban J connectivity index is 1.58. The van der Waals surface area contributed by atoms with Crippen molar-refractivity contribution in [3.05, 3.63) is 58.7 Å². The molecule has 1 amide bonds. The number of para-hydroxylation sites is 1. The highest BCUT2D eigenvalue weighted by molar-refractivity contribution is 9.10. The quantitative estimate of drug-likeness (QED) is 0.537. The van der Waals surface area contributed by atoms with E-state index in [1.54, 1.807) is 25.4 Å². The molecule has 1 aliphatic rings. The molecule has 0 saturated heterocycles. The van der Waals surface area contributed by atoms with Crippen LogP contribution in [0.15, 0.2) is 53.1 Å². The van der Waals surface area contributed by atoms with Crippen molar-refractivity contribution in [2.24, 2.45) is 0 Å². The second-order valence-corrected chi connectivity index (χ2v) is 6.98. The molecule has 0 unspecified atom stereocenters. The molecular weight excluding hydrogens is 438 g/mol. The van der Waals surface area contributed by atoms with Crippen LogP contribution in [0, 0.1) is 0 Å². The summed E-state index contributed by atoms with van der Waals surface area (Å²) in [5, 5.41) is 8.98. The van der Waals surface area contributed by atoms with Crippen LogP contribution in [0.1, 0.15) is 10.4 Å². The van der Waals surface area contributed by atoms with Gasteiger partial charge in [-0.3, -0.25) is 4.79 Å². The Kier molecular flexibility index (Phi) is 5.48. The molecule has 3 N–H and O–H groups in total. The molecule has 148 valence electrons. The number of carbonyl (C=O) groups excluding carboxylic acids is 1. The third kappa shape index (κ3) is 4.24. The molecule has 9 heteroatoms. The van der Waals surface area contributed by atoms with Gasteiger partial charge in [0.05, 0.1) is 15.7 Å². The van der Waals surface area contributed by atoms with Crippen LogP contribution in [0.5, 0.6) is 11.5 Å². The highest BCUT2D eigenvalue weighted by atomic mass is 79.9. The fraction of sp³-hybridized carbons (Fsp3) is 0.150. The summed E-state index contributed by atoms with van der Waals surface area (Å²) >= 11 is 3.45. The number of halogens is 1. The van der Waals surface area contributed by atoms with E-state index in [9.17, 15) is 4.79 Å². The summed E-state index contributed by atoms with van der Waals surface area (Å²) in [5.41, 5.74) is 1.92. The Bertz CT molecular complexity index is 1060. The van der Waals surface area contributed by atoms with E-state index in [0.29, 0.717) is 52.2 Å². The average molecular weight is 456 g/mol. The highest BCUT2D eigenvalue weighted by Crippen LogP contribution is 2.34. The number of carbonyl (C=O) groups is 1. The Morgan fingerprint density at radius 2 is 1.86 bits per heavy atom. The van der Waals surface area contributed by atoms with E-state index in [-0.39, 0.29) is 5.91 Å². The Morgan fingerprint density at radius 1 is 1.07 bits per heavy atom. The van der Waals surface area contributed by atoms with Crippen LogP contribution in [0.3, 0.4) is 0 Å². The van der Waals surface area contributed by atoms with Crippen LogP contribution in [0.4, 0.5) is 23.1 Å². The van der Waals surface area contributed by atoms with Gasteiger partial charge >= 0.3 is 0 Å². The van der Waals surface area contributed by atoms with Crippen molar-refractivity contribution in [3.63, 3.8) is 0 Å². The molecule has 4 rings (SSSR count). The molecule has 0 atom stereocenters. The number of benzene rings is 2. The van der Waals surface area contributed by atoms with Gasteiger partial charge in [-0.05, 0) is 40.2 Å². The number of nitrogens with one attached hydrogen (secondary N) is 3. The maximum absolute atomic E-state index is 12.1. The minimum absolute atomic E-state index is 0.187. The second-order valence-electron chi connectivity index (χ2n) is 6.12. The fourth-order valence-corrected chi connectivity index (χ4v) is 3.11. The first-order valence-corrected chi connectivity index (χ1v) is 9.70. The maximum atomic E-state index is 12.1. The van der Waals surface area contributed by atoms with Crippen molar-refractivity contribution in [1.29, 1.82) is 0 Å². The number of ether oxygens (including phenoxy) is 2. The molecule has 0 bridgehead atoms.